The Bertz CT molecular complexity index is 508. The summed E-state index contributed by atoms with van der Waals surface area (Å²) in [5.41, 5.74) is 6.06. The minimum Gasteiger partial charge on any atom is -0.470 e. The molecule has 9 heteroatoms. The van der Waals surface area contributed by atoms with E-state index < -0.39 is 0 Å². The Morgan fingerprint density at radius 1 is 1.37 bits per heavy atom. The molecule has 0 fully saturated rings. The fourth-order valence-corrected chi connectivity index (χ4v) is 1.34. The molecule has 2 aromatic rings. The van der Waals surface area contributed by atoms with E-state index in [1.165, 1.54) is 0 Å². The maximum Gasteiger partial charge on any atom is 0.233 e. The van der Waals surface area contributed by atoms with E-state index in [0.717, 1.165) is 0 Å². The number of nitrogens with one attached hydrogen (secondary N) is 1. The standard InChI is InChI=1S/C10H14FN7O/c1-7-8(18(11)17-14-7)6-19-10-3-2-9(15-16-10)13-5-4-12/h2-3H,4-6,12H2,1H3,(H,13,15). The van der Waals surface area contributed by atoms with E-state index in [4.69, 9.17) is 10.5 Å². The maximum atomic E-state index is 13.1. The van der Waals surface area contributed by atoms with Gasteiger partial charge in [0.2, 0.25) is 5.88 Å². The lowest BCUT2D eigenvalue weighted by molar-refractivity contribution is 0.232. The molecule has 0 bridgehead atoms. The lowest BCUT2D eigenvalue weighted by atomic mass is 10.4. The van der Waals surface area contributed by atoms with E-state index in [2.05, 4.69) is 25.8 Å². The van der Waals surface area contributed by atoms with Gasteiger partial charge in [-0.15, -0.1) is 15.3 Å². The highest BCUT2D eigenvalue weighted by molar-refractivity contribution is 5.33. The van der Waals surface area contributed by atoms with Gasteiger partial charge in [-0.25, -0.2) is 0 Å². The number of hydrogen-bond donors (Lipinski definition) is 2. The van der Waals surface area contributed by atoms with Crippen LogP contribution in [0.2, 0.25) is 0 Å². The largest absolute Gasteiger partial charge is 0.470 e. The summed E-state index contributed by atoms with van der Waals surface area (Å²) in [4.78, 5) is 0.180. The second kappa shape index (κ2) is 6.05. The molecule has 0 saturated carbocycles. The van der Waals surface area contributed by atoms with Crippen molar-refractivity contribution in [2.24, 2.45) is 5.73 Å². The Labute approximate surface area is 108 Å². The summed E-state index contributed by atoms with van der Waals surface area (Å²) < 4.78 is 18.4. The molecule has 0 radical (unpaired) electrons. The Balaban J connectivity index is 1.93. The number of halogens is 1. The number of rotatable bonds is 6. The predicted octanol–water partition coefficient (Wildman–Crippen LogP) is 0.0587. The molecule has 3 N–H and O–H groups in total. The zero-order valence-corrected chi connectivity index (χ0v) is 10.4. The molecule has 0 amide bonds. The van der Waals surface area contributed by atoms with Gasteiger partial charge in [-0.3, -0.25) is 0 Å². The van der Waals surface area contributed by atoms with E-state index in [-0.39, 0.29) is 17.2 Å². The summed E-state index contributed by atoms with van der Waals surface area (Å²) in [6.07, 6.45) is 0. The molecule has 0 unspecified atom stereocenters. The summed E-state index contributed by atoms with van der Waals surface area (Å²) in [7, 11) is 0. The third kappa shape index (κ3) is 3.35. The number of aromatic nitrogens is 5. The molecule has 0 aromatic carbocycles. The van der Waals surface area contributed by atoms with Gasteiger partial charge < -0.3 is 15.8 Å². The first-order chi connectivity index (χ1) is 9.20. The van der Waals surface area contributed by atoms with Crippen LogP contribution in [0.3, 0.4) is 0 Å². The molecule has 2 heterocycles. The third-order valence-corrected chi connectivity index (χ3v) is 2.36. The van der Waals surface area contributed by atoms with Crippen LogP contribution in [0, 0.1) is 6.92 Å². The molecule has 0 aliphatic heterocycles. The molecule has 19 heavy (non-hydrogen) atoms. The Morgan fingerprint density at radius 2 is 2.21 bits per heavy atom. The van der Waals surface area contributed by atoms with Gasteiger partial charge in [0.25, 0.3) is 0 Å². The van der Waals surface area contributed by atoms with Crippen molar-refractivity contribution in [3.05, 3.63) is 23.5 Å². The number of nitrogens with zero attached hydrogens (tertiary/aromatic N) is 5. The third-order valence-electron chi connectivity index (χ3n) is 2.36. The van der Waals surface area contributed by atoms with Gasteiger partial charge in [0.05, 0.1) is 5.69 Å². The maximum absolute atomic E-state index is 13.1. The number of nitrogens with two attached hydrogens (primary N) is 1. The molecule has 0 atom stereocenters. The van der Waals surface area contributed by atoms with Crippen molar-refractivity contribution in [1.29, 1.82) is 0 Å². The average Bonchev–Trinajstić information content (AvgIpc) is 2.75. The van der Waals surface area contributed by atoms with Crippen LogP contribution in [0.25, 0.3) is 0 Å². The van der Waals surface area contributed by atoms with Crippen LogP contribution in [0.1, 0.15) is 11.4 Å². The lowest BCUT2D eigenvalue weighted by Crippen LogP contribution is -2.14. The molecule has 0 spiro atoms. The molecule has 0 aliphatic carbocycles. The molecular formula is C10H14FN7O. The second-order valence-corrected chi connectivity index (χ2v) is 3.74. The molecule has 0 aliphatic rings. The first-order valence-corrected chi connectivity index (χ1v) is 5.68. The van der Waals surface area contributed by atoms with Gasteiger partial charge in [-0.05, 0) is 18.2 Å². The first-order valence-electron chi connectivity index (χ1n) is 5.68. The highest BCUT2D eigenvalue weighted by Crippen LogP contribution is 2.11. The lowest BCUT2D eigenvalue weighted by Gasteiger charge is -2.05. The summed E-state index contributed by atoms with van der Waals surface area (Å²) in [6.45, 7) is 2.75. The second-order valence-electron chi connectivity index (χ2n) is 3.74. The Hall–Kier alpha value is -2.29. The molecule has 102 valence electrons. The van der Waals surface area contributed by atoms with Crippen molar-refractivity contribution in [3.8, 4) is 5.88 Å². The van der Waals surface area contributed by atoms with Crippen LogP contribution < -0.4 is 15.8 Å². The summed E-state index contributed by atoms with van der Waals surface area (Å²) in [6, 6.07) is 3.34. The SMILES string of the molecule is Cc1nnn(F)c1COc1ccc(NCCN)nn1. The van der Waals surface area contributed by atoms with Crippen molar-refractivity contribution < 1.29 is 9.22 Å². The van der Waals surface area contributed by atoms with Gasteiger partial charge >= 0.3 is 0 Å². The van der Waals surface area contributed by atoms with Crippen molar-refractivity contribution in [2.75, 3.05) is 18.4 Å². The highest BCUT2D eigenvalue weighted by atomic mass is 19.2. The fourth-order valence-electron chi connectivity index (χ4n) is 1.34. The van der Waals surface area contributed by atoms with E-state index in [0.29, 0.717) is 30.5 Å². The van der Waals surface area contributed by atoms with E-state index in [1.807, 2.05) is 0 Å². The highest BCUT2D eigenvalue weighted by Gasteiger charge is 2.10. The van der Waals surface area contributed by atoms with Gasteiger partial charge in [0.15, 0.2) is 0 Å². The van der Waals surface area contributed by atoms with Crippen LogP contribution in [0.15, 0.2) is 12.1 Å². The normalized spacial score (nSPS) is 10.5. The minimum absolute atomic E-state index is 0.0143. The van der Waals surface area contributed by atoms with Crippen molar-refractivity contribution in [3.63, 3.8) is 0 Å². The van der Waals surface area contributed by atoms with E-state index in [1.54, 1.807) is 19.1 Å². The first kappa shape index (κ1) is 13.1. The fraction of sp³-hybridized carbons (Fsp3) is 0.400. The molecule has 2 aromatic heterocycles. The van der Waals surface area contributed by atoms with Crippen molar-refractivity contribution >= 4 is 5.82 Å². The zero-order valence-electron chi connectivity index (χ0n) is 10.4. The van der Waals surface area contributed by atoms with E-state index in [9.17, 15) is 4.48 Å². The number of anilines is 1. The van der Waals surface area contributed by atoms with Crippen LogP contribution in [-0.4, -0.2) is 38.5 Å². The predicted molar refractivity (Wildman–Crippen MR) is 65.2 cm³/mol. The number of aryl methyl sites for hydroxylation is 1. The van der Waals surface area contributed by atoms with Crippen molar-refractivity contribution in [1.82, 2.24) is 25.4 Å². The van der Waals surface area contributed by atoms with Crippen LogP contribution in [0.4, 0.5) is 10.3 Å². The monoisotopic (exact) mass is 267 g/mol. The Kier molecular flexibility index (Phi) is 4.18. The van der Waals surface area contributed by atoms with Crippen LogP contribution in [-0.2, 0) is 6.61 Å². The van der Waals surface area contributed by atoms with E-state index >= 15 is 0 Å². The summed E-state index contributed by atoms with van der Waals surface area (Å²) in [5.74, 6) is 0.894. The summed E-state index contributed by atoms with van der Waals surface area (Å²) in [5, 5.41) is 17.5. The molecule has 8 nitrogen and oxygen atoms in total. The van der Waals surface area contributed by atoms with Crippen LogP contribution in [0.5, 0.6) is 5.88 Å². The average molecular weight is 267 g/mol. The number of ether oxygens (including phenoxy) is 1. The quantitative estimate of drug-likeness (QED) is 0.762. The zero-order chi connectivity index (χ0) is 13.7. The molecule has 2 rings (SSSR count). The van der Waals surface area contributed by atoms with Crippen LogP contribution >= 0.6 is 0 Å². The molecule has 0 saturated heterocycles. The smallest absolute Gasteiger partial charge is 0.233 e. The molecular weight excluding hydrogens is 253 g/mol. The Morgan fingerprint density at radius 3 is 2.79 bits per heavy atom. The van der Waals surface area contributed by atoms with Gasteiger partial charge in [-0.1, -0.05) is 9.39 Å². The van der Waals surface area contributed by atoms with Crippen molar-refractivity contribution in [2.45, 2.75) is 13.5 Å². The van der Waals surface area contributed by atoms with Gasteiger partial charge in [0, 0.05) is 19.2 Å². The minimum atomic E-state index is -0.0143. The van der Waals surface area contributed by atoms with Gasteiger partial charge in [0.1, 0.15) is 18.1 Å². The summed E-state index contributed by atoms with van der Waals surface area (Å²) >= 11 is 0. The topological polar surface area (TPSA) is 104 Å². The number of hydrogen-bond acceptors (Lipinski definition) is 7. The van der Waals surface area contributed by atoms with Gasteiger partial charge in [-0.2, -0.15) is 0 Å².